The number of carbonyl (C=O) groups excluding carboxylic acids is 9. The van der Waals surface area contributed by atoms with Crippen LogP contribution in [0.2, 0.25) is 0 Å². The Bertz CT molecular complexity index is 1600. The van der Waals surface area contributed by atoms with Gasteiger partial charge in [0, 0.05) is 12.6 Å². The Morgan fingerprint density at radius 3 is 1.63 bits per heavy atom. The number of nitrogens with one attached hydrogen (secondary N) is 9. The molecule has 9 N–H and O–H groups in total. The molecule has 0 aliphatic carbocycles. The zero-order chi connectivity index (χ0) is 45.3. The second-order valence-corrected chi connectivity index (χ2v) is 15.9. The molecule has 0 bridgehead atoms. The maximum Gasteiger partial charge on any atom is 0.251 e. The molecule has 0 saturated carbocycles. The van der Waals surface area contributed by atoms with Crippen molar-refractivity contribution in [2.45, 2.75) is 90.8 Å². The highest BCUT2D eigenvalue weighted by molar-refractivity contribution is 7.98. The molecule has 0 heterocycles. The molecule has 0 radical (unpaired) electrons. The first-order valence-electron chi connectivity index (χ1n) is 20.1. The molecule has 1 rings (SSSR count). The molecule has 9 amide bonds. The highest BCUT2D eigenvalue weighted by Gasteiger charge is 2.24. The number of hydrogen-bond acceptors (Lipinski definition) is 11. The topological polar surface area (TPSA) is 265 Å². The molecule has 60 heavy (non-hydrogen) atoms. The summed E-state index contributed by atoms with van der Waals surface area (Å²) in [5.41, 5.74) is 1.34. The summed E-state index contributed by atoms with van der Waals surface area (Å²) in [4.78, 5) is 115. The van der Waals surface area contributed by atoms with Gasteiger partial charge in [0.05, 0.1) is 32.7 Å². The van der Waals surface area contributed by atoms with E-state index in [-0.39, 0.29) is 24.3 Å². The molecule has 0 aliphatic rings. The normalized spacial score (nSPS) is 12.5. The van der Waals surface area contributed by atoms with Gasteiger partial charge in [0.2, 0.25) is 47.3 Å². The summed E-state index contributed by atoms with van der Waals surface area (Å²) >= 11 is 1.51. The number of benzene rings is 1. The smallest absolute Gasteiger partial charge is 0.251 e. The van der Waals surface area contributed by atoms with Crippen molar-refractivity contribution in [2.75, 3.05) is 71.4 Å². The Balaban J connectivity index is 2.64. The van der Waals surface area contributed by atoms with Crippen molar-refractivity contribution in [1.82, 2.24) is 52.8 Å². The first-order chi connectivity index (χ1) is 28.3. The van der Waals surface area contributed by atoms with Gasteiger partial charge in [-0.2, -0.15) is 11.8 Å². The summed E-state index contributed by atoms with van der Waals surface area (Å²) in [6.45, 7) is 11.8. The van der Waals surface area contributed by atoms with Crippen LogP contribution in [0.4, 0.5) is 0 Å². The van der Waals surface area contributed by atoms with Crippen molar-refractivity contribution >= 4 is 64.9 Å². The molecule has 336 valence electrons. The average Bonchev–Trinajstić information content (AvgIpc) is 3.22. The van der Waals surface area contributed by atoms with E-state index in [4.69, 9.17) is 0 Å². The van der Waals surface area contributed by atoms with Crippen molar-refractivity contribution in [3.63, 3.8) is 0 Å². The number of thioether (sulfide) groups is 1. The lowest BCUT2D eigenvalue weighted by Crippen LogP contribution is -2.53. The van der Waals surface area contributed by atoms with E-state index in [1.165, 1.54) is 25.7 Å². The van der Waals surface area contributed by atoms with Crippen LogP contribution in [0.1, 0.15) is 83.1 Å². The zero-order valence-electron chi connectivity index (χ0n) is 36.3. The molecule has 1 aromatic rings. The van der Waals surface area contributed by atoms with Gasteiger partial charge in [0.25, 0.3) is 5.91 Å². The average molecular weight is 863 g/mol. The summed E-state index contributed by atoms with van der Waals surface area (Å²) in [5, 5.41) is 22.2. The molecular weight excluding hydrogens is 797 g/mol. The van der Waals surface area contributed by atoms with Crippen LogP contribution in [0, 0.1) is 0 Å². The van der Waals surface area contributed by atoms with Gasteiger partial charge in [-0.15, -0.1) is 0 Å². The molecule has 19 nitrogen and oxygen atoms in total. The van der Waals surface area contributed by atoms with Crippen LogP contribution >= 0.6 is 11.8 Å². The minimum atomic E-state index is -1.05. The van der Waals surface area contributed by atoms with Gasteiger partial charge < -0.3 is 52.8 Å². The van der Waals surface area contributed by atoms with Crippen molar-refractivity contribution in [3.05, 3.63) is 35.4 Å². The molecule has 0 unspecified atom stereocenters. The second-order valence-electron chi connectivity index (χ2n) is 14.9. The summed E-state index contributed by atoms with van der Waals surface area (Å²) in [5.74, 6) is -4.79. The van der Waals surface area contributed by atoms with E-state index in [0.29, 0.717) is 24.2 Å². The fraction of sp³-hybridized carbons (Fsp3) is 0.625. The van der Waals surface area contributed by atoms with Crippen LogP contribution in [0.25, 0.3) is 0 Å². The monoisotopic (exact) mass is 862 g/mol. The van der Waals surface area contributed by atoms with Gasteiger partial charge in [-0.25, -0.2) is 0 Å². The maximum absolute atomic E-state index is 13.2. The minimum Gasteiger partial charge on any atom is -0.357 e. The fourth-order valence-electron chi connectivity index (χ4n) is 5.50. The Kier molecular flexibility index (Phi) is 24.9. The van der Waals surface area contributed by atoms with Crippen molar-refractivity contribution in [2.24, 2.45) is 0 Å². The fourth-order valence-corrected chi connectivity index (χ4v) is 5.97. The first-order valence-corrected chi connectivity index (χ1v) is 21.5. The second kappa shape index (κ2) is 28.3. The quantitative estimate of drug-likeness (QED) is 0.0468. The number of hydrogen-bond donors (Lipinski definition) is 9. The molecule has 0 aromatic heterocycles. The van der Waals surface area contributed by atoms with E-state index in [2.05, 4.69) is 73.5 Å². The van der Waals surface area contributed by atoms with Crippen LogP contribution in [0.3, 0.4) is 0 Å². The third-order valence-electron chi connectivity index (χ3n) is 9.20. The summed E-state index contributed by atoms with van der Waals surface area (Å²) < 4.78 is 0. The molecule has 0 saturated heterocycles. The highest BCUT2D eigenvalue weighted by atomic mass is 32.2. The molecule has 0 fully saturated rings. The Labute approximate surface area is 357 Å². The third kappa shape index (κ3) is 21.7. The van der Waals surface area contributed by atoms with Gasteiger partial charge in [0.1, 0.15) is 18.1 Å². The summed E-state index contributed by atoms with van der Waals surface area (Å²) in [7, 11) is 1.45. The van der Waals surface area contributed by atoms with Crippen molar-refractivity contribution in [1.29, 1.82) is 0 Å². The van der Waals surface area contributed by atoms with E-state index >= 15 is 0 Å². The lowest BCUT2D eigenvalue weighted by molar-refractivity contribution is -0.132. The predicted molar refractivity (Wildman–Crippen MR) is 230 cm³/mol. The molecule has 20 heteroatoms. The van der Waals surface area contributed by atoms with Gasteiger partial charge in [-0.3, -0.25) is 43.2 Å². The molecule has 0 spiro atoms. The Hall–Kier alpha value is -5.24. The molecular formula is C40H66N10O9S. The van der Waals surface area contributed by atoms with Gasteiger partial charge in [-0.1, -0.05) is 46.8 Å². The van der Waals surface area contributed by atoms with Gasteiger partial charge in [0.15, 0.2) is 0 Å². The van der Waals surface area contributed by atoms with E-state index in [0.717, 1.165) is 31.6 Å². The minimum absolute atomic E-state index is 0.0853. The predicted octanol–water partition coefficient (Wildman–Crippen LogP) is -1.34. The SMILES string of the molecule is CCN(CC)CCCC[C@H](NC(=O)CNC(=O)[C@H](C)NC(=O)CNC(=O)c1ccc(C(C)(C)C)cc1)C(=O)NCC(=O)NCC(=O)NCC(=O)N[C@@H](CCSC)C(=O)NC. The van der Waals surface area contributed by atoms with E-state index in [9.17, 15) is 43.2 Å². The number of amides is 9. The van der Waals surface area contributed by atoms with Crippen LogP contribution in [-0.4, -0.2) is 148 Å². The van der Waals surface area contributed by atoms with Crippen LogP contribution in [0.15, 0.2) is 24.3 Å². The summed E-state index contributed by atoms with van der Waals surface area (Å²) in [6, 6.07) is 4.17. The number of rotatable bonds is 27. The zero-order valence-corrected chi connectivity index (χ0v) is 37.1. The van der Waals surface area contributed by atoms with E-state index in [1.807, 2.05) is 32.2 Å². The largest absolute Gasteiger partial charge is 0.357 e. The lowest BCUT2D eigenvalue weighted by atomic mass is 9.87. The van der Waals surface area contributed by atoms with Crippen molar-refractivity contribution in [3.8, 4) is 0 Å². The highest BCUT2D eigenvalue weighted by Crippen LogP contribution is 2.22. The summed E-state index contributed by atoms with van der Waals surface area (Å²) in [6.07, 6.45) is 3.80. The molecule has 0 aliphatic heterocycles. The Morgan fingerprint density at radius 2 is 1.10 bits per heavy atom. The number of likely N-dealkylation sites (N-methyl/N-ethyl adjacent to an activating group) is 1. The lowest BCUT2D eigenvalue weighted by Gasteiger charge is -2.21. The Morgan fingerprint density at radius 1 is 0.617 bits per heavy atom. The first kappa shape index (κ1) is 52.8. The van der Waals surface area contributed by atoms with E-state index in [1.54, 1.807) is 12.1 Å². The molecule has 3 atom stereocenters. The van der Waals surface area contributed by atoms with Gasteiger partial charge >= 0.3 is 0 Å². The standard InChI is InChI=1S/C40H66N10O9S/c1-9-50(10-2)19-12-11-13-29(39(59)46-22-32(52)42-21-31(51)43-23-34(54)49-30(18-20-60-8)38(58)41-7)48-35(55)25-44-36(56)26(3)47-33(53)24-45-37(57)27-14-16-28(17-15-27)40(4,5)6/h14-17,26,29-30H,9-13,18-25H2,1-8H3,(H,41,58)(H,42,52)(H,43,51)(H,44,56)(H,45,57)(H,46,59)(H,47,53)(H,48,55)(H,49,54)/t26-,29-,30-/m0/s1. The van der Waals surface area contributed by atoms with Crippen LogP contribution in [0.5, 0.6) is 0 Å². The van der Waals surface area contributed by atoms with Crippen LogP contribution < -0.4 is 47.9 Å². The van der Waals surface area contributed by atoms with Gasteiger partial charge in [-0.05, 0) is 87.4 Å². The van der Waals surface area contributed by atoms with Crippen molar-refractivity contribution < 1.29 is 43.2 Å². The number of nitrogens with zero attached hydrogens (tertiary/aromatic N) is 1. The third-order valence-corrected chi connectivity index (χ3v) is 9.85. The maximum atomic E-state index is 13.2. The number of carbonyl (C=O) groups is 9. The van der Waals surface area contributed by atoms with Crippen LogP contribution in [-0.2, 0) is 43.8 Å². The van der Waals surface area contributed by atoms with E-state index < -0.39 is 91.6 Å². The molecule has 1 aromatic carbocycles. The number of unbranched alkanes of at least 4 members (excludes halogenated alkanes) is 1.